The lowest BCUT2D eigenvalue weighted by Crippen LogP contribution is -2.47. The third-order valence-corrected chi connectivity index (χ3v) is 5.64. The van der Waals surface area contributed by atoms with Crippen LogP contribution >= 0.6 is 0 Å². The fourth-order valence-corrected chi connectivity index (χ4v) is 3.83. The van der Waals surface area contributed by atoms with E-state index in [0.717, 1.165) is 18.6 Å². The Morgan fingerprint density at radius 1 is 1.06 bits per heavy atom. The fourth-order valence-electron chi connectivity index (χ4n) is 3.83. The molecule has 1 fully saturated rings. The van der Waals surface area contributed by atoms with Crippen molar-refractivity contribution in [1.29, 1.82) is 0 Å². The Balaban J connectivity index is 1.48. The second kappa shape index (κ2) is 10.8. The Morgan fingerprint density at radius 3 is 2.44 bits per heavy atom. The predicted octanol–water partition coefficient (Wildman–Crippen LogP) is 4.77. The molecule has 0 aliphatic carbocycles. The van der Waals surface area contributed by atoms with Crippen LogP contribution < -0.4 is 19.9 Å². The van der Waals surface area contributed by atoms with Crippen LogP contribution in [0.4, 0.5) is 33.1 Å². The number of nitrogens with zero attached hydrogens (tertiary/aromatic N) is 5. The van der Waals surface area contributed by atoms with Crippen LogP contribution in [0.15, 0.2) is 54.9 Å². The lowest BCUT2D eigenvalue weighted by molar-refractivity contribution is -0.383. The maximum atomic E-state index is 14.1. The molecule has 1 aliphatic rings. The standard InChI is InChI=1S/C24H27FN6O3/c1-2-3-16-34-19-10-8-18(9-11-19)28-23-22(31(32)33)24(27-17-26-23)30-14-12-29(13-15-30)21-7-5-4-6-20(21)25/h4-11,17H,2-3,12-16H2,1H3,(H,26,27,28). The Hall–Kier alpha value is -3.95. The van der Waals surface area contributed by atoms with Crippen molar-refractivity contribution in [2.24, 2.45) is 0 Å². The number of anilines is 4. The molecule has 0 radical (unpaired) electrons. The SMILES string of the molecule is CCCCOc1ccc(Nc2ncnc(N3CCN(c4ccccc4F)CC3)c2[N+](=O)[O-])cc1. The van der Waals surface area contributed by atoms with Gasteiger partial charge in [0.15, 0.2) is 0 Å². The smallest absolute Gasteiger partial charge is 0.353 e. The molecule has 178 valence electrons. The third kappa shape index (κ3) is 5.33. The molecule has 0 saturated carbocycles. The van der Waals surface area contributed by atoms with Gasteiger partial charge >= 0.3 is 5.69 Å². The van der Waals surface area contributed by atoms with E-state index >= 15 is 0 Å². The van der Waals surface area contributed by atoms with Crippen LogP contribution in [0.25, 0.3) is 0 Å². The topological polar surface area (TPSA) is 96.7 Å². The van der Waals surface area contributed by atoms with Crippen molar-refractivity contribution in [2.75, 3.05) is 47.9 Å². The molecule has 10 heteroatoms. The number of halogens is 1. The monoisotopic (exact) mass is 466 g/mol. The molecule has 9 nitrogen and oxygen atoms in total. The summed E-state index contributed by atoms with van der Waals surface area (Å²) in [6.45, 7) is 4.72. The van der Waals surface area contributed by atoms with Crippen LogP contribution in [-0.2, 0) is 0 Å². The number of ether oxygens (including phenoxy) is 1. The maximum absolute atomic E-state index is 14.1. The lowest BCUT2D eigenvalue weighted by Gasteiger charge is -2.36. The van der Waals surface area contributed by atoms with Crippen LogP contribution in [0, 0.1) is 15.9 Å². The summed E-state index contributed by atoms with van der Waals surface area (Å²) in [5, 5.41) is 15.0. The van der Waals surface area contributed by atoms with Crippen molar-refractivity contribution in [2.45, 2.75) is 19.8 Å². The molecular formula is C24H27FN6O3. The van der Waals surface area contributed by atoms with Gasteiger partial charge in [0, 0.05) is 31.9 Å². The first-order chi connectivity index (χ1) is 16.6. The Kier molecular flexibility index (Phi) is 7.36. The summed E-state index contributed by atoms with van der Waals surface area (Å²) in [6.07, 6.45) is 3.35. The zero-order chi connectivity index (χ0) is 23.9. The largest absolute Gasteiger partial charge is 0.494 e. The number of rotatable bonds is 9. The molecule has 1 N–H and O–H groups in total. The molecular weight excluding hydrogens is 439 g/mol. The summed E-state index contributed by atoms with van der Waals surface area (Å²) in [4.78, 5) is 23.6. The second-order valence-corrected chi connectivity index (χ2v) is 7.93. The highest BCUT2D eigenvalue weighted by molar-refractivity contribution is 5.74. The number of aromatic nitrogens is 2. The molecule has 2 aromatic carbocycles. The van der Waals surface area contributed by atoms with Gasteiger partial charge in [0.1, 0.15) is 17.9 Å². The minimum Gasteiger partial charge on any atom is -0.494 e. The number of unbranched alkanes of at least 4 members (excludes halogenated alkanes) is 1. The van der Waals surface area contributed by atoms with Crippen molar-refractivity contribution >= 4 is 28.7 Å². The normalized spacial score (nSPS) is 13.6. The molecule has 0 atom stereocenters. The summed E-state index contributed by atoms with van der Waals surface area (Å²) in [5.41, 5.74) is 0.994. The van der Waals surface area contributed by atoms with E-state index in [1.54, 1.807) is 30.3 Å². The molecule has 34 heavy (non-hydrogen) atoms. The highest BCUT2D eigenvalue weighted by Gasteiger charge is 2.30. The number of hydrogen-bond donors (Lipinski definition) is 1. The van der Waals surface area contributed by atoms with Gasteiger partial charge in [-0.05, 0) is 42.8 Å². The van der Waals surface area contributed by atoms with Crippen LogP contribution in [-0.4, -0.2) is 47.7 Å². The van der Waals surface area contributed by atoms with E-state index in [9.17, 15) is 14.5 Å². The molecule has 1 aromatic heterocycles. The highest BCUT2D eigenvalue weighted by Crippen LogP contribution is 2.34. The molecule has 3 aromatic rings. The predicted molar refractivity (Wildman–Crippen MR) is 130 cm³/mol. The first-order valence-corrected chi connectivity index (χ1v) is 11.3. The van der Waals surface area contributed by atoms with E-state index in [4.69, 9.17) is 4.74 Å². The van der Waals surface area contributed by atoms with Gasteiger partial charge in [-0.1, -0.05) is 25.5 Å². The molecule has 0 amide bonds. The van der Waals surface area contributed by atoms with Gasteiger partial charge in [-0.2, -0.15) is 0 Å². The van der Waals surface area contributed by atoms with Gasteiger partial charge in [0.2, 0.25) is 11.6 Å². The molecule has 0 bridgehead atoms. The molecule has 2 heterocycles. The van der Waals surface area contributed by atoms with E-state index < -0.39 is 4.92 Å². The fraction of sp³-hybridized carbons (Fsp3) is 0.333. The summed E-state index contributed by atoms with van der Waals surface area (Å²) >= 11 is 0. The third-order valence-electron chi connectivity index (χ3n) is 5.64. The van der Waals surface area contributed by atoms with Crippen molar-refractivity contribution in [1.82, 2.24) is 9.97 Å². The maximum Gasteiger partial charge on any atom is 0.353 e. The van der Waals surface area contributed by atoms with E-state index in [0.29, 0.717) is 44.2 Å². The average molecular weight is 467 g/mol. The number of para-hydroxylation sites is 1. The van der Waals surface area contributed by atoms with Crippen molar-refractivity contribution in [3.05, 3.63) is 70.8 Å². The zero-order valence-corrected chi connectivity index (χ0v) is 19.0. The first-order valence-electron chi connectivity index (χ1n) is 11.3. The van der Waals surface area contributed by atoms with Gasteiger partial charge in [0.25, 0.3) is 0 Å². The van der Waals surface area contributed by atoms with E-state index in [2.05, 4.69) is 22.2 Å². The Bertz CT molecular complexity index is 1120. The van der Waals surface area contributed by atoms with Crippen molar-refractivity contribution < 1.29 is 14.1 Å². The average Bonchev–Trinajstić information content (AvgIpc) is 2.85. The van der Waals surface area contributed by atoms with Gasteiger partial charge in [-0.25, -0.2) is 14.4 Å². The lowest BCUT2D eigenvalue weighted by atomic mass is 10.2. The molecule has 1 saturated heterocycles. The minimum absolute atomic E-state index is 0.117. The van der Waals surface area contributed by atoms with Crippen molar-refractivity contribution in [3.63, 3.8) is 0 Å². The number of piperazine rings is 1. The van der Waals surface area contributed by atoms with Crippen LogP contribution in [0.3, 0.4) is 0 Å². The quantitative estimate of drug-likeness (QED) is 0.274. The highest BCUT2D eigenvalue weighted by atomic mass is 19.1. The number of benzene rings is 2. The van der Waals surface area contributed by atoms with Gasteiger partial charge < -0.3 is 19.9 Å². The second-order valence-electron chi connectivity index (χ2n) is 7.93. The first kappa shape index (κ1) is 23.2. The summed E-state index contributed by atoms with van der Waals surface area (Å²) in [7, 11) is 0. The van der Waals surface area contributed by atoms with E-state index in [1.165, 1.54) is 12.4 Å². The molecule has 1 aliphatic heterocycles. The van der Waals surface area contributed by atoms with E-state index in [1.807, 2.05) is 21.9 Å². The summed E-state index contributed by atoms with van der Waals surface area (Å²) in [6, 6.07) is 13.8. The number of nitro groups is 1. The Morgan fingerprint density at radius 2 is 1.76 bits per heavy atom. The summed E-state index contributed by atoms with van der Waals surface area (Å²) < 4.78 is 19.8. The van der Waals surface area contributed by atoms with Gasteiger partial charge in [-0.15, -0.1) is 0 Å². The number of nitrogens with one attached hydrogen (secondary N) is 1. The van der Waals surface area contributed by atoms with Gasteiger partial charge in [0.05, 0.1) is 17.2 Å². The van der Waals surface area contributed by atoms with Crippen LogP contribution in [0.1, 0.15) is 19.8 Å². The zero-order valence-electron chi connectivity index (χ0n) is 19.0. The number of hydrogen-bond acceptors (Lipinski definition) is 8. The molecule has 4 rings (SSSR count). The van der Waals surface area contributed by atoms with Crippen LogP contribution in [0.2, 0.25) is 0 Å². The van der Waals surface area contributed by atoms with Gasteiger partial charge in [-0.3, -0.25) is 10.1 Å². The molecule has 0 unspecified atom stereocenters. The molecule has 0 spiro atoms. The summed E-state index contributed by atoms with van der Waals surface area (Å²) in [5.74, 6) is 0.822. The van der Waals surface area contributed by atoms with Crippen LogP contribution in [0.5, 0.6) is 5.75 Å². The van der Waals surface area contributed by atoms with E-state index in [-0.39, 0.29) is 23.1 Å². The Labute approximate surface area is 197 Å². The minimum atomic E-state index is -0.469. The van der Waals surface area contributed by atoms with Crippen molar-refractivity contribution in [3.8, 4) is 5.75 Å².